The second-order valence-corrected chi connectivity index (χ2v) is 6.35. The molecule has 0 unspecified atom stereocenters. The fraction of sp³-hybridized carbons (Fsp3) is 0.300. The third kappa shape index (κ3) is 6.65. The number of ether oxygens (including phenoxy) is 1. The molecule has 29 heavy (non-hydrogen) atoms. The van der Waals surface area contributed by atoms with Gasteiger partial charge < -0.3 is 19.4 Å². The quantitative estimate of drug-likeness (QED) is 0.505. The van der Waals surface area contributed by atoms with E-state index in [1.54, 1.807) is 24.3 Å². The van der Waals surface area contributed by atoms with Crippen molar-refractivity contribution in [2.45, 2.75) is 18.9 Å². The molecule has 0 saturated carbocycles. The van der Waals surface area contributed by atoms with Gasteiger partial charge in [0, 0.05) is 26.7 Å². The van der Waals surface area contributed by atoms with Gasteiger partial charge in [0.15, 0.2) is 0 Å². The van der Waals surface area contributed by atoms with Crippen LogP contribution in [0.1, 0.15) is 11.1 Å². The predicted molar refractivity (Wildman–Crippen MR) is 104 cm³/mol. The largest absolute Gasteiger partial charge is 0.493 e. The lowest BCUT2D eigenvalue weighted by Gasteiger charge is -2.17. The molecule has 0 aliphatic heterocycles. The summed E-state index contributed by atoms with van der Waals surface area (Å²) < 4.78 is 41.7. The maximum Gasteiger partial charge on any atom is 0.493 e. The van der Waals surface area contributed by atoms with Crippen molar-refractivity contribution < 1.29 is 32.4 Å². The summed E-state index contributed by atoms with van der Waals surface area (Å²) in [6.07, 6.45) is -0.0920. The monoisotopic (exact) mass is 405 g/mol. The van der Waals surface area contributed by atoms with Gasteiger partial charge in [-0.25, -0.2) is 13.6 Å². The fourth-order valence-electron chi connectivity index (χ4n) is 2.89. The number of nitrogens with one attached hydrogen (secondary N) is 1. The topological polar surface area (TPSA) is 73.9 Å². The van der Waals surface area contributed by atoms with E-state index in [1.165, 1.54) is 21.3 Å². The highest BCUT2D eigenvalue weighted by molar-refractivity contribution is 6.61. The zero-order chi connectivity index (χ0) is 21.4. The highest BCUT2D eigenvalue weighted by Gasteiger charge is 2.23. The summed E-state index contributed by atoms with van der Waals surface area (Å²) in [5, 5.41) is 2.56. The van der Waals surface area contributed by atoms with Crippen LogP contribution in [0.2, 0.25) is 0 Å². The van der Waals surface area contributed by atoms with Gasteiger partial charge in [0.1, 0.15) is 17.7 Å². The predicted octanol–water partition coefficient (Wildman–Crippen LogP) is 1.40. The summed E-state index contributed by atoms with van der Waals surface area (Å²) in [7, 11) is 3.76. The minimum atomic E-state index is -0.947. The van der Waals surface area contributed by atoms with Crippen molar-refractivity contribution in [1.29, 1.82) is 0 Å². The Kier molecular flexibility index (Phi) is 8.29. The molecule has 0 aliphatic carbocycles. The number of esters is 1. The van der Waals surface area contributed by atoms with Crippen LogP contribution in [-0.4, -0.2) is 46.4 Å². The van der Waals surface area contributed by atoms with E-state index in [4.69, 9.17) is 14.0 Å². The maximum absolute atomic E-state index is 13.3. The van der Waals surface area contributed by atoms with Crippen LogP contribution in [0.25, 0.3) is 0 Å². The first-order valence-corrected chi connectivity index (χ1v) is 8.82. The van der Waals surface area contributed by atoms with E-state index < -0.39 is 36.7 Å². The van der Waals surface area contributed by atoms with Crippen LogP contribution >= 0.6 is 0 Å². The van der Waals surface area contributed by atoms with Crippen LogP contribution in [0.5, 0.6) is 0 Å². The van der Waals surface area contributed by atoms with Crippen molar-refractivity contribution in [2.24, 2.45) is 0 Å². The van der Waals surface area contributed by atoms with E-state index in [9.17, 15) is 18.4 Å². The smallest absolute Gasteiger partial charge is 0.467 e. The van der Waals surface area contributed by atoms with Gasteiger partial charge in [0.2, 0.25) is 5.91 Å². The highest BCUT2D eigenvalue weighted by atomic mass is 19.1. The Bertz CT molecular complexity index is 823. The highest BCUT2D eigenvalue weighted by Crippen LogP contribution is 2.10. The number of benzene rings is 2. The third-order valence-corrected chi connectivity index (χ3v) is 4.23. The molecule has 2 aromatic carbocycles. The number of rotatable bonds is 9. The number of hydrogen-bond acceptors (Lipinski definition) is 5. The average Bonchev–Trinajstić information content (AvgIpc) is 2.68. The lowest BCUT2D eigenvalue weighted by molar-refractivity contribution is -0.145. The zero-order valence-corrected chi connectivity index (χ0v) is 16.4. The summed E-state index contributed by atoms with van der Waals surface area (Å²) in [6.45, 7) is 0. The minimum Gasteiger partial charge on any atom is -0.467 e. The van der Waals surface area contributed by atoms with E-state index in [0.29, 0.717) is 0 Å². The number of carbonyl (C=O) groups is 2. The van der Waals surface area contributed by atoms with Gasteiger partial charge in [-0.2, -0.15) is 0 Å². The van der Waals surface area contributed by atoms with Gasteiger partial charge in [-0.3, -0.25) is 4.79 Å². The van der Waals surface area contributed by atoms with Gasteiger partial charge >= 0.3 is 13.1 Å². The molecule has 0 spiro atoms. The molecule has 1 N–H and O–H groups in total. The Balaban J connectivity index is 2.07. The van der Waals surface area contributed by atoms with Crippen molar-refractivity contribution in [3.05, 3.63) is 65.2 Å². The van der Waals surface area contributed by atoms with Crippen LogP contribution in [0.15, 0.2) is 42.5 Å². The Labute approximate surface area is 168 Å². The summed E-state index contributed by atoms with van der Waals surface area (Å²) in [4.78, 5) is 24.4. The lowest BCUT2D eigenvalue weighted by Crippen LogP contribution is -2.43. The second kappa shape index (κ2) is 10.7. The maximum atomic E-state index is 13.3. The van der Waals surface area contributed by atoms with E-state index in [2.05, 4.69) is 5.32 Å². The van der Waals surface area contributed by atoms with Crippen LogP contribution in [0.4, 0.5) is 8.78 Å². The molecule has 154 valence electrons. The van der Waals surface area contributed by atoms with Crippen LogP contribution in [0.3, 0.4) is 0 Å². The molecule has 0 aliphatic rings. The SMILES string of the molecule is COB(OC)c1ccc(C[C@@H](NC(=O)Cc2cc(F)cc(F)c2)C(=O)OC)cc1. The molecule has 2 aromatic rings. The zero-order valence-electron chi connectivity index (χ0n) is 16.4. The van der Waals surface area contributed by atoms with Gasteiger partial charge in [-0.05, 0) is 28.7 Å². The normalized spacial score (nSPS) is 11.6. The molecule has 9 heteroatoms. The molecule has 0 radical (unpaired) electrons. The van der Waals surface area contributed by atoms with Crippen LogP contribution < -0.4 is 10.8 Å². The van der Waals surface area contributed by atoms with Crippen molar-refractivity contribution >= 4 is 24.5 Å². The Morgan fingerprint density at radius 1 is 0.966 bits per heavy atom. The molecule has 0 fully saturated rings. The molecule has 2 rings (SSSR count). The molecule has 0 heterocycles. The van der Waals surface area contributed by atoms with Gasteiger partial charge in [-0.15, -0.1) is 0 Å². The van der Waals surface area contributed by atoms with Gasteiger partial charge in [0.05, 0.1) is 13.5 Å². The molecular weight excluding hydrogens is 383 g/mol. The summed E-state index contributed by atoms with van der Waals surface area (Å²) in [6, 6.07) is 9.05. The Hall–Kier alpha value is -2.78. The first-order valence-electron chi connectivity index (χ1n) is 8.82. The van der Waals surface area contributed by atoms with Crippen molar-refractivity contribution in [2.75, 3.05) is 21.3 Å². The van der Waals surface area contributed by atoms with E-state index >= 15 is 0 Å². The molecule has 0 saturated heterocycles. The van der Waals surface area contributed by atoms with Crippen molar-refractivity contribution in [3.8, 4) is 0 Å². The molecule has 1 amide bonds. The summed E-state index contributed by atoms with van der Waals surface area (Å²) in [5.41, 5.74) is 1.73. The molecule has 1 atom stereocenters. The number of methoxy groups -OCH3 is 1. The summed E-state index contributed by atoms with van der Waals surface area (Å²) in [5.74, 6) is -2.73. The average molecular weight is 405 g/mol. The standard InChI is InChI=1S/C20H22BF2NO5/c1-27-20(26)18(10-13-4-6-15(7-5-13)21(28-2)29-3)24-19(25)11-14-8-16(22)12-17(23)9-14/h4-9,12,18H,10-11H2,1-3H3,(H,24,25)/t18-/m1/s1. The Morgan fingerprint density at radius 3 is 2.07 bits per heavy atom. The first kappa shape index (κ1) is 22.5. The number of halogens is 2. The third-order valence-electron chi connectivity index (χ3n) is 4.23. The van der Waals surface area contributed by atoms with E-state index in [-0.39, 0.29) is 18.4 Å². The number of carbonyl (C=O) groups excluding carboxylic acids is 2. The van der Waals surface area contributed by atoms with Crippen LogP contribution in [-0.2, 0) is 36.5 Å². The molecular formula is C20H22BF2NO5. The van der Waals surface area contributed by atoms with Crippen LogP contribution in [0, 0.1) is 11.6 Å². The second-order valence-electron chi connectivity index (χ2n) is 6.35. The summed E-state index contributed by atoms with van der Waals surface area (Å²) >= 11 is 0. The Morgan fingerprint density at radius 2 is 1.55 bits per heavy atom. The first-order chi connectivity index (χ1) is 13.9. The van der Waals surface area contributed by atoms with Crippen molar-refractivity contribution in [3.63, 3.8) is 0 Å². The van der Waals surface area contributed by atoms with Gasteiger partial charge in [-0.1, -0.05) is 24.3 Å². The van der Waals surface area contributed by atoms with E-state index in [0.717, 1.165) is 29.2 Å². The minimum absolute atomic E-state index is 0.165. The fourth-order valence-corrected chi connectivity index (χ4v) is 2.89. The number of amides is 1. The van der Waals surface area contributed by atoms with Crippen molar-refractivity contribution in [1.82, 2.24) is 5.32 Å². The molecule has 6 nitrogen and oxygen atoms in total. The lowest BCUT2D eigenvalue weighted by atomic mass is 9.78. The molecule has 0 aromatic heterocycles. The van der Waals surface area contributed by atoms with Gasteiger partial charge in [0.25, 0.3) is 0 Å². The number of hydrogen-bond donors (Lipinski definition) is 1. The molecule has 0 bridgehead atoms. The van der Waals surface area contributed by atoms with E-state index in [1.807, 2.05) is 0 Å².